The quantitative estimate of drug-likeness (QED) is 0.883. The number of aromatic nitrogens is 1. The Labute approximate surface area is 144 Å². The molecule has 4 atom stereocenters. The molecule has 0 aliphatic carbocycles. The Morgan fingerprint density at radius 1 is 1.50 bits per heavy atom. The molecule has 0 saturated carbocycles. The Morgan fingerprint density at radius 2 is 2.21 bits per heavy atom. The highest BCUT2D eigenvalue weighted by molar-refractivity contribution is 5.68. The first-order valence-corrected chi connectivity index (χ1v) is 8.55. The van der Waals surface area contributed by atoms with Gasteiger partial charge in [-0.05, 0) is 46.6 Å². The minimum absolute atomic E-state index is 0.0150. The summed E-state index contributed by atoms with van der Waals surface area (Å²) in [4.78, 5) is 16.2. The van der Waals surface area contributed by atoms with Crippen molar-refractivity contribution < 1.29 is 14.3 Å². The lowest BCUT2D eigenvalue weighted by molar-refractivity contribution is -0.0909. The van der Waals surface area contributed by atoms with Gasteiger partial charge in [0.05, 0.1) is 24.1 Å². The number of nitrogen functional groups attached to an aromatic ring is 1. The number of pyridine rings is 1. The van der Waals surface area contributed by atoms with Gasteiger partial charge in [0.2, 0.25) is 0 Å². The predicted molar refractivity (Wildman–Crippen MR) is 93.5 cm³/mol. The normalized spacial score (nSPS) is 27.5. The molecule has 1 aliphatic heterocycles. The lowest BCUT2D eigenvalue weighted by atomic mass is 9.83. The molecule has 134 valence electrons. The van der Waals surface area contributed by atoms with Crippen molar-refractivity contribution in [1.82, 2.24) is 10.3 Å². The van der Waals surface area contributed by atoms with Crippen LogP contribution in [0.15, 0.2) is 18.5 Å². The zero-order valence-corrected chi connectivity index (χ0v) is 15.2. The first kappa shape index (κ1) is 18.5. The van der Waals surface area contributed by atoms with Crippen molar-refractivity contribution in [3.8, 4) is 0 Å². The molecule has 3 N–H and O–H groups in total. The van der Waals surface area contributed by atoms with Crippen LogP contribution in [0.1, 0.15) is 59.1 Å². The predicted octanol–water partition coefficient (Wildman–Crippen LogP) is 3.43. The zero-order valence-electron chi connectivity index (χ0n) is 15.2. The van der Waals surface area contributed by atoms with Crippen LogP contribution >= 0.6 is 0 Å². The van der Waals surface area contributed by atoms with Crippen molar-refractivity contribution in [2.24, 2.45) is 5.92 Å². The van der Waals surface area contributed by atoms with Crippen LogP contribution in [0.25, 0.3) is 0 Å². The summed E-state index contributed by atoms with van der Waals surface area (Å²) in [6.45, 7) is 9.72. The number of anilines is 1. The van der Waals surface area contributed by atoms with E-state index in [-0.39, 0.29) is 30.3 Å². The van der Waals surface area contributed by atoms with E-state index in [9.17, 15) is 4.79 Å². The molecule has 2 rings (SSSR count). The van der Waals surface area contributed by atoms with Gasteiger partial charge in [-0.25, -0.2) is 4.79 Å². The van der Waals surface area contributed by atoms with E-state index in [1.165, 1.54) is 0 Å². The molecular formula is C18H29N3O3. The number of carbonyl (C=O) groups excluding carboxylic acids is 1. The Hall–Kier alpha value is -1.82. The van der Waals surface area contributed by atoms with Crippen LogP contribution in [0, 0.1) is 5.92 Å². The molecular weight excluding hydrogens is 306 g/mol. The number of nitrogens with two attached hydrogens (primary N) is 1. The molecule has 4 unspecified atom stereocenters. The number of hydrogen-bond donors (Lipinski definition) is 2. The van der Waals surface area contributed by atoms with Crippen molar-refractivity contribution >= 4 is 11.8 Å². The van der Waals surface area contributed by atoms with Gasteiger partial charge in [-0.3, -0.25) is 4.98 Å². The molecule has 0 radical (unpaired) electrons. The van der Waals surface area contributed by atoms with Gasteiger partial charge >= 0.3 is 6.09 Å². The molecule has 1 amide bonds. The van der Waals surface area contributed by atoms with Crippen LogP contribution in [0.5, 0.6) is 0 Å². The van der Waals surface area contributed by atoms with Crippen LogP contribution in [0.3, 0.4) is 0 Å². The van der Waals surface area contributed by atoms with Crippen molar-refractivity contribution in [1.29, 1.82) is 0 Å². The fraction of sp³-hybridized carbons (Fsp3) is 0.667. The van der Waals surface area contributed by atoms with E-state index in [2.05, 4.69) is 17.2 Å². The molecule has 1 saturated heterocycles. The number of alkyl carbamates (subject to hydrolysis) is 1. The summed E-state index contributed by atoms with van der Waals surface area (Å²) in [6, 6.07) is 1.86. The summed E-state index contributed by atoms with van der Waals surface area (Å²) in [6.07, 6.45) is 4.39. The maximum Gasteiger partial charge on any atom is 0.407 e. The number of rotatable bonds is 3. The van der Waals surface area contributed by atoms with Crippen LogP contribution in [-0.4, -0.2) is 28.8 Å². The largest absolute Gasteiger partial charge is 0.444 e. The minimum Gasteiger partial charge on any atom is -0.444 e. The van der Waals surface area contributed by atoms with E-state index >= 15 is 0 Å². The van der Waals surface area contributed by atoms with Gasteiger partial charge in [0, 0.05) is 23.7 Å². The fourth-order valence-corrected chi connectivity index (χ4v) is 3.30. The number of ether oxygens (including phenoxy) is 2. The highest BCUT2D eigenvalue weighted by atomic mass is 16.6. The second kappa shape index (κ2) is 7.38. The summed E-state index contributed by atoms with van der Waals surface area (Å²) >= 11 is 0. The number of nitrogens with zero attached hydrogens (tertiary/aromatic N) is 1. The van der Waals surface area contributed by atoms with Crippen molar-refractivity contribution in [3.05, 3.63) is 24.0 Å². The molecule has 1 fully saturated rings. The van der Waals surface area contributed by atoms with Crippen LogP contribution in [0.2, 0.25) is 0 Å². The minimum atomic E-state index is -0.516. The first-order chi connectivity index (χ1) is 11.2. The van der Waals surface area contributed by atoms with E-state index in [0.717, 1.165) is 12.0 Å². The Balaban J connectivity index is 2.15. The number of amides is 1. The Bertz CT molecular complexity index is 571. The van der Waals surface area contributed by atoms with Crippen LogP contribution in [-0.2, 0) is 9.47 Å². The van der Waals surface area contributed by atoms with Gasteiger partial charge in [0.15, 0.2) is 0 Å². The van der Waals surface area contributed by atoms with Gasteiger partial charge in [-0.2, -0.15) is 0 Å². The second-order valence-electron chi connectivity index (χ2n) is 7.39. The summed E-state index contributed by atoms with van der Waals surface area (Å²) < 4.78 is 11.6. The number of nitrogens with one attached hydrogen (secondary N) is 1. The molecule has 6 nitrogen and oxygen atoms in total. The standard InChI is InChI=1S/C18H29N3O3/c1-6-12-11(2)23-16(13-7-8-20-10-14(13)19)9-15(12)21-17(22)24-18(3,4)5/h7-8,10-12,15-16H,6,9,19H2,1-5H3,(H,21,22). The topological polar surface area (TPSA) is 86.5 Å². The van der Waals surface area contributed by atoms with E-state index in [1.54, 1.807) is 12.4 Å². The molecule has 2 heterocycles. The highest BCUT2D eigenvalue weighted by Crippen LogP contribution is 2.37. The molecule has 1 aromatic rings. The average molecular weight is 335 g/mol. The zero-order chi connectivity index (χ0) is 17.9. The fourth-order valence-electron chi connectivity index (χ4n) is 3.30. The first-order valence-electron chi connectivity index (χ1n) is 8.55. The third kappa shape index (κ3) is 4.60. The monoisotopic (exact) mass is 335 g/mol. The summed E-state index contributed by atoms with van der Waals surface area (Å²) in [5, 5.41) is 3.03. The molecule has 0 spiro atoms. The van der Waals surface area contributed by atoms with Crippen molar-refractivity contribution in [2.45, 2.75) is 71.3 Å². The van der Waals surface area contributed by atoms with E-state index in [0.29, 0.717) is 12.1 Å². The van der Waals surface area contributed by atoms with E-state index < -0.39 is 5.60 Å². The smallest absolute Gasteiger partial charge is 0.407 e. The lowest BCUT2D eigenvalue weighted by Crippen LogP contribution is -2.50. The number of carbonyl (C=O) groups is 1. The van der Waals surface area contributed by atoms with Gasteiger partial charge < -0.3 is 20.5 Å². The van der Waals surface area contributed by atoms with Gasteiger partial charge in [-0.15, -0.1) is 0 Å². The highest BCUT2D eigenvalue weighted by Gasteiger charge is 2.38. The van der Waals surface area contributed by atoms with Crippen LogP contribution < -0.4 is 11.1 Å². The van der Waals surface area contributed by atoms with Gasteiger partial charge in [-0.1, -0.05) is 6.92 Å². The molecule has 24 heavy (non-hydrogen) atoms. The van der Waals surface area contributed by atoms with E-state index in [4.69, 9.17) is 15.2 Å². The molecule has 1 aromatic heterocycles. The summed E-state index contributed by atoms with van der Waals surface area (Å²) in [7, 11) is 0. The average Bonchev–Trinajstić information content (AvgIpc) is 2.45. The maximum atomic E-state index is 12.2. The lowest BCUT2D eigenvalue weighted by Gasteiger charge is -2.41. The Morgan fingerprint density at radius 3 is 2.79 bits per heavy atom. The second-order valence-corrected chi connectivity index (χ2v) is 7.39. The van der Waals surface area contributed by atoms with Crippen molar-refractivity contribution in [3.63, 3.8) is 0 Å². The molecule has 0 aromatic carbocycles. The van der Waals surface area contributed by atoms with Gasteiger partial charge in [0.25, 0.3) is 0 Å². The third-order valence-corrected chi connectivity index (χ3v) is 4.37. The maximum absolute atomic E-state index is 12.2. The third-order valence-electron chi connectivity index (χ3n) is 4.37. The molecule has 6 heteroatoms. The summed E-state index contributed by atoms with van der Waals surface area (Å²) in [5.41, 5.74) is 7.05. The SMILES string of the molecule is CCC1C(NC(=O)OC(C)(C)C)CC(c2ccncc2N)OC1C. The molecule has 1 aliphatic rings. The molecule has 0 bridgehead atoms. The van der Waals surface area contributed by atoms with Crippen LogP contribution in [0.4, 0.5) is 10.5 Å². The number of hydrogen-bond acceptors (Lipinski definition) is 5. The summed E-state index contributed by atoms with van der Waals surface area (Å²) in [5.74, 6) is 0.233. The van der Waals surface area contributed by atoms with Crippen molar-refractivity contribution in [2.75, 3.05) is 5.73 Å². The Kier molecular flexibility index (Phi) is 5.70. The van der Waals surface area contributed by atoms with E-state index in [1.807, 2.05) is 33.8 Å². The van der Waals surface area contributed by atoms with Gasteiger partial charge in [0.1, 0.15) is 5.60 Å².